The van der Waals surface area contributed by atoms with Crippen LogP contribution in [0.5, 0.6) is 0 Å². The Morgan fingerprint density at radius 2 is 1.30 bits per heavy atom. The third kappa shape index (κ3) is 13.3. The highest BCUT2D eigenvalue weighted by molar-refractivity contribution is 7.97. The van der Waals surface area contributed by atoms with Crippen molar-refractivity contribution in [1.29, 1.82) is 0 Å². The molecule has 2 rings (SSSR count). The van der Waals surface area contributed by atoms with E-state index in [1.165, 1.54) is 39.1 Å². The Morgan fingerprint density at radius 1 is 0.848 bits per heavy atom. The zero-order valence-electron chi connectivity index (χ0n) is 22.5. The van der Waals surface area contributed by atoms with Crippen LogP contribution in [0.25, 0.3) is 0 Å². The number of rotatable bonds is 7. The van der Waals surface area contributed by atoms with Crippen molar-refractivity contribution in [3.8, 4) is 0 Å². The van der Waals surface area contributed by atoms with E-state index < -0.39 is 0 Å². The smallest absolute Gasteiger partial charge is 0.129 e. The van der Waals surface area contributed by atoms with Gasteiger partial charge in [-0.15, -0.1) is 0 Å². The molecule has 188 valence electrons. The number of carbonyl (C=O) groups is 1. The van der Waals surface area contributed by atoms with Gasteiger partial charge in [0.15, 0.2) is 0 Å². The fourth-order valence-corrected chi connectivity index (χ4v) is 3.89. The molecule has 1 N–H and O–H groups in total. The Bertz CT molecular complexity index is 810. The van der Waals surface area contributed by atoms with E-state index in [2.05, 4.69) is 69.9 Å². The Kier molecular flexibility index (Phi) is 22.2. The van der Waals surface area contributed by atoms with Crippen molar-refractivity contribution in [2.45, 2.75) is 102 Å². The summed E-state index contributed by atoms with van der Waals surface area (Å²) in [4.78, 5) is 9.81. The molecule has 33 heavy (non-hydrogen) atoms. The van der Waals surface area contributed by atoms with E-state index in [-0.39, 0.29) is 13.2 Å². The SMILES string of the molecule is C.C=C(C)Nc1c(C)c(C)c(C)c(C)c1CSCc1ccccc1.CC.CC.CCC(C)=O. The highest BCUT2D eigenvalue weighted by Crippen LogP contribution is 2.34. The lowest BCUT2D eigenvalue weighted by Gasteiger charge is -2.22. The number of thioether (sulfide) groups is 1. The van der Waals surface area contributed by atoms with Gasteiger partial charge in [-0.1, -0.05) is 79.0 Å². The van der Waals surface area contributed by atoms with E-state index in [4.69, 9.17) is 0 Å². The van der Waals surface area contributed by atoms with Gasteiger partial charge in [-0.2, -0.15) is 11.8 Å². The van der Waals surface area contributed by atoms with Crippen LogP contribution in [-0.4, -0.2) is 5.78 Å². The molecule has 0 aromatic heterocycles. The fourth-order valence-electron chi connectivity index (χ4n) is 2.80. The van der Waals surface area contributed by atoms with Gasteiger partial charge in [0.1, 0.15) is 5.78 Å². The first-order chi connectivity index (χ1) is 15.2. The van der Waals surface area contributed by atoms with Crippen LogP contribution in [0.1, 0.15) is 95.7 Å². The van der Waals surface area contributed by atoms with Crippen molar-refractivity contribution in [2.75, 3.05) is 5.32 Å². The number of hydrogen-bond donors (Lipinski definition) is 1. The predicted octanol–water partition coefficient (Wildman–Crippen LogP) is 9.97. The molecule has 0 atom stereocenters. The molecule has 2 aromatic carbocycles. The second-order valence-corrected chi connectivity index (χ2v) is 8.28. The zero-order valence-corrected chi connectivity index (χ0v) is 23.3. The van der Waals surface area contributed by atoms with Crippen molar-refractivity contribution in [3.05, 3.63) is 76.0 Å². The molecular formula is C30H51NOS. The molecule has 0 fully saturated rings. The van der Waals surface area contributed by atoms with Crippen molar-refractivity contribution in [3.63, 3.8) is 0 Å². The Balaban J connectivity index is -0.000000782. The van der Waals surface area contributed by atoms with Gasteiger partial charge in [0, 0.05) is 29.3 Å². The molecule has 0 spiro atoms. The van der Waals surface area contributed by atoms with Crippen LogP contribution in [0.4, 0.5) is 5.69 Å². The summed E-state index contributed by atoms with van der Waals surface area (Å²) in [6.45, 7) is 26.4. The number of Topliss-reactive ketones (excluding diaryl/α,β-unsaturated/α-hetero) is 1. The molecule has 0 amide bonds. The Hall–Kier alpha value is -2.00. The summed E-state index contributed by atoms with van der Waals surface area (Å²) >= 11 is 1.97. The van der Waals surface area contributed by atoms with Crippen molar-refractivity contribution in [1.82, 2.24) is 0 Å². The molecule has 0 aliphatic carbocycles. The van der Waals surface area contributed by atoms with Crippen LogP contribution in [0.3, 0.4) is 0 Å². The number of ketones is 1. The highest BCUT2D eigenvalue weighted by Gasteiger charge is 2.15. The summed E-state index contributed by atoms with van der Waals surface area (Å²) in [5.74, 6) is 2.31. The first kappa shape index (κ1) is 35.6. The lowest BCUT2D eigenvalue weighted by Crippen LogP contribution is -2.06. The molecule has 3 heteroatoms. The second-order valence-electron chi connectivity index (χ2n) is 7.29. The van der Waals surface area contributed by atoms with Crippen molar-refractivity contribution in [2.24, 2.45) is 0 Å². The number of carbonyl (C=O) groups excluding carboxylic acids is 1. The normalized spacial score (nSPS) is 8.94. The Labute approximate surface area is 210 Å². The molecule has 0 saturated carbocycles. The molecule has 2 aromatic rings. The minimum absolute atomic E-state index is 0. The van der Waals surface area contributed by atoms with Crippen LogP contribution in [0, 0.1) is 27.7 Å². The summed E-state index contributed by atoms with van der Waals surface area (Å²) in [5.41, 5.74) is 10.6. The summed E-state index contributed by atoms with van der Waals surface area (Å²) in [5, 5.41) is 3.49. The summed E-state index contributed by atoms with van der Waals surface area (Å²) in [7, 11) is 0. The van der Waals surface area contributed by atoms with Crippen LogP contribution in [0.15, 0.2) is 42.6 Å². The van der Waals surface area contributed by atoms with Crippen molar-refractivity contribution >= 4 is 23.2 Å². The van der Waals surface area contributed by atoms with E-state index >= 15 is 0 Å². The van der Waals surface area contributed by atoms with E-state index in [9.17, 15) is 4.79 Å². The Morgan fingerprint density at radius 3 is 1.73 bits per heavy atom. The van der Waals surface area contributed by atoms with E-state index in [1.807, 2.05) is 53.3 Å². The summed E-state index contributed by atoms with van der Waals surface area (Å²) in [6.07, 6.45) is 0.667. The van der Waals surface area contributed by atoms with Gasteiger partial charge in [-0.25, -0.2) is 0 Å². The first-order valence-electron chi connectivity index (χ1n) is 11.8. The lowest BCUT2D eigenvalue weighted by molar-refractivity contribution is -0.116. The maximum Gasteiger partial charge on any atom is 0.129 e. The monoisotopic (exact) mass is 473 g/mol. The number of benzene rings is 2. The summed E-state index contributed by atoms with van der Waals surface area (Å²) in [6, 6.07) is 10.7. The standard InChI is InChI=1S/C21H27NS.C4H8O.2C2H6.CH4/c1-14(2)22-21-18(6)16(4)15(3)17(5)20(21)13-23-12-19-10-8-7-9-11-19;1-3-4(2)5;2*1-2;/h7-11,22H,1,12-13H2,2-6H3;3H2,1-2H3;2*1-2H3;1H4. The molecule has 0 heterocycles. The number of hydrogen-bond acceptors (Lipinski definition) is 3. The van der Waals surface area contributed by atoms with Gasteiger partial charge < -0.3 is 10.1 Å². The fraction of sp³-hybridized carbons (Fsp3) is 0.500. The molecule has 0 aliphatic heterocycles. The highest BCUT2D eigenvalue weighted by atomic mass is 32.2. The van der Waals surface area contributed by atoms with Gasteiger partial charge in [0.25, 0.3) is 0 Å². The zero-order chi connectivity index (χ0) is 25.3. The third-order valence-corrected chi connectivity index (χ3v) is 6.04. The lowest BCUT2D eigenvalue weighted by atomic mass is 9.93. The topological polar surface area (TPSA) is 29.1 Å². The van der Waals surface area contributed by atoms with Crippen LogP contribution in [-0.2, 0) is 16.3 Å². The van der Waals surface area contributed by atoms with Crippen LogP contribution < -0.4 is 5.32 Å². The molecule has 0 bridgehead atoms. The van der Waals surface area contributed by atoms with E-state index in [1.54, 1.807) is 6.92 Å². The average Bonchev–Trinajstić information content (AvgIpc) is 2.81. The maximum absolute atomic E-state index is 9.81. The summed E-state index contributed by atoms with van der Waals surface area (Å²) < 4.78 is 0. The molecule has 0 saturated heterocycles. The van der Waals surface area contributed by atoms with Gasteiger partial charge >= 0.3 is 0 Å². The predicted molar refractivity (Wildman–Crippen MR) is 156 cm³/mol. The van der Waals surface area contributed by atoms with Gasteiger partial charge in [-0.05, 0) is 74.9 Å². The third-order valence-electron chi connectivity index (χ3n) is 5.01. The first-order valence-corrected chi connectivity index (χ1v) is 13.0. The molecule has 0 aliphatic rings. The maximum atomic E-state index is 9.81. The average molecular weight is 474 g/mol. The molecule has 0 radical (unpaired) electrons. The van der Waals surface area contributed by atoms with Crippen LogP contribution >= 0.6 is 11.8 Å². The molecule has 0 unspecified atom stereocenters. The quantitative estimate of drug-likeness (QED) is 0.433. The minimum atomic E-state index is 0. The van der Waals surface area contributed by atoms with Crippen molar-refractivity contribution < 1.29 is 4.79 Å². The second kappa shape index (κ2) is 20.6. The van der Waals surface area contributed by atoms with Gasteiger partial charge in [0.05, 0.1) is 0 Å². The van der Waals surface area contributed by atoms with Gasteiger partial charge in [-0.3, -0.25) is 0 Å². The van der Waals surface area contributed by atoms with Gasteiger partial charge in [0.2, 0.25) is 0 Å². The molecule has 2 nitrogen and oxygen atoms in total. The minimum Gasteiger partial charge on any atom is -0.359 e. The largest absolute Gasteiger partial charge is 0.359 e. The molecular weight excluding hydrogens is 422 g/mol. The number of nitrogens with one attached hydrogen (secondary N) is 1. The number of anilines is 1. The van der Waals surface area contributed by atoms with E-state index in [0.717, 1.165) is 17.2 Å². The van der Waals surface area contributed by atoms with Crippen LogP contribution in [0.2, 0.25) is 0 Å². The van der Waals surface area contributed by atoms with E-state index in [0.29, 0.717) is 6.42 Å². The number of allylic oxidation sites excluding steroid dienone is 1.